The molecule has 0 amide bonds. The van der Waals surface area contributed by atoms with E-state index in [1.54, 1.807) is 4.88 Å². The van der Waals surface area contributed by atoms with E-state index in [0.717, 1.165) is 5.92 Å². The molecule has 2 nitrogen and oxygen atoms in total. The van der Waals surface area contributed by atoms with Crippen molar-refractivity contribution in [2.24, 2.45) is 0 Å². The zero-order valence-electron chi connectivity index (χ0n) is 9.74. The third kappa shape index (κ3) is 2.16. The molecule has 88 valence electrons. The normalized spacial score (nSPS) is 27.4. The van der Waals surface area contributed by atoms with Gasteiger partial charge in [-0.25, -0.2) is 4.98 Å². The van der Waals surface area contributed by atoms with Crippen LogP contribution in [0, 0.1) is 0 Å². The second-order valence-electron chi connectivity index (χ2n) is 5.08. The minimum Gasteiger partial charge on any atom is -0.308 e. The van der Waals surface area contributed by atoms with Crippen molar-refractivity contribution in [3.63, 3.8) is 0 Å². The SMILES string of the molecule is c1nc(C2CCCCN2)sc1C1CCCC1. The molecule has 0 aromatic carbocycles. The van der Waals surface area contributed by atoms with Crippen LogP contribution in [0.2, 0.25) is 0 Å². The minimum atomic E-state index is 0.550. The van der Waals surface area contributed by atoms with Crippen LogP contribution in [0.1, 0.15) is 66.8 Å². The van der Waals surface area contributed by atoms with Gasteiger partial charge in [0.25, 0.3) is 0 Å². The summed E-state index contributed by atoms with van der Waals surface area (Å²) in [6.07, 6.45) is 11.7. The lowest BCUT2D eigenvalue weighted by atomic mass is 10.1. The molecule has 3 rings (SSSR count). The molecule has 2 aliphatic rings. The van der Waals surface area contributed by atoms with Gasteiger partial charge in [0.05, 0.1) is 6.04 Å². The van der Waals surface area contributed by atoms with Crippen molar-refractivity contribution in [2.75, 3.05) is 6.54 Å². The van der Waals surface area contributed by atoms with E-state index in [2.05, 4.69) is 16.5 Å². The first-order valence-electron chi connectivity index (χ1n) is 6.62. The fourth-order valence-corrected chi connectivity index (χ4v) is 4.12. The van der Waals surface area contributed by atoms with Crippen LogP contribution in [0.5, 0.6) is 0 Å². The van der Waals surface area contributed by atoms with Gasteiger partial charge in [0.2, 0.25) is 0 Å². The van der Waals surface area contributed by atoms with Crippen molar-refractivity contribution in [1.82, 2.24) is 10.3 Å². The second-order valence-corrected chi connectivity index (χ2v) is 6.18. The molecule has 0 radical (unpaired) electrons. The van der Waals surface area contributed by atoms with Crippen LogP contribution >= 0.6 is 11.3 Å². The molecular formula is C13H20N2S. The van der Waals surface area contributed by atoms with Gasteiger partial charge in [-0.3, -0.25) is 0 Å². The highest BCUT2D eigenvalue weighted by Crippen LogP contribution is 2.38. The van der Waals surface area contributed by atoms with E-state index in [9.17, 15) is 0 Å². The lowest BCUT2D eigenvalue weighted by Gasteiger charge is -2.21. The van der Waals surface area contributed by atoms with Crippen LogP contribution < -0.4 is 5.32 Å². The molecule has 3 heteroatoms. The molecule has 0 bridgehead atoms. The van der Waals surface area contributed by atoms with E-state index < -0.39 is 0 Å². The van der Waals surface area contributed by atoms with E-state index in [1.807, 2.05) is 11.3 Å². The Bertz CT molecular complexity index is 335. The number of hydrogen-bond donors (Lipinski definition) is 1. The van der Waals surface area contributed by atoms with Gasteiger partial charge in [0.15, 0.2) is 0 Å². The minimum absolute atomic E-state index is 0.550. The molecule has 2 fully saturated rings. The number of hydrogen-bond acceptors (Lipinski definition) is 3. The molecule has 1 saturated heterocycles. The highest BCUT2D eigenvalue weighted by atomic mass is 32.1. The third-order valence-corrected chi connectivity index (χ3v) is 5.18. The molecule has 1 saturated carbocycles. The van der Waals surface area contributed by atoms with E-state index in [4.69, 9.17) is 0 Å². The summed E-state index contributed by atoms with van der Waals surface area (Å²) >= 11 is 1.96. The van der Waals surface area contributed by atoms with E-state index in [1.165, 1.54) is 56.5 Å². The third-order valence-electron chi connectivity index (χ3n) is 3.91. The van der Waals surface area contributed by atoms with E-state index >= 15 is 0 Å². The summed E-state index contributed by atoms with van der Waals surface area (Å²) in [7, 11) is 0. The largest absolute Gasteiger partial charge is 0.308 e. The van der Waals surface area contributed by atoms with E-state index in [-0.39, 0.29) is 0 Å². The first-order chi connectivity index (χ1) is 7.93. The summed E-state index contributed by atoms with van der Waals surface area (Å²) in [5, 5.41) is 4.92. The van der Waals surface area contributed by atoms with Crippen LogP contribution in [-0.4, -0.2) is 11.5 Å². The van der Waals surface area contributed by atoms with Crippen LogP contribution in [0.4, 0.5) is 0 Å². The van der Waals surface area contributed by atoms with Crippen molar-refractivity contribution < 1.29 is 0 Å². The highest BCUT2D eigenvalue weighted by Gasteiger charge is 2.22. The van der Waals surface area contributed by atoms with E-state index in [0.29, 0.717) is 6.04 Å². The van der Waals surface area contributed by atoms with Crippen molar-refractivity contribution >= 4 is 11.3 Å². The predicted molar refractivity (Wildman–Crippen MR) is 67.9 cm³/mol. The number of nitrogens with one attached hydrogen (secondary N) is 1. The van der Waals surface area contributed by atoms with Gasteiger partial charge in [0.1, 0.15) is 5.01 Å². The summed E-state index contributed by atoms with van der Waals surface area (Å²) in [5.41, 5.74) is 0. The Labute approximate surface area is 101 Å². The first-order valence-corrected chi connectivity index (χ1v) is 7.44. The fourth-order valence-electron chi connectivity index (χ4n) is 2.92. The molecule has 2 heterocycles. The summed E-state index contributed by atoms with van der Waals surface area (Å²) in [5.74, 6) is 0.829. The smallest absolute Gasteiger partial charge is 0.110 e. The fraction of sp³-hybridized carbons (Fsp3) is 0.769. The monoisotopic (exact) mass is 236 g/mol. The Kier molecular flexibility index (Phi) is 3.25. The number of aromatic nitrogens is 1. The van der Waals surface area contributed by atoms with Crippen molar-refractivity contribution in [3.8, 4) is 0 Å². The summed E-state index contributed by atoms with van der Waals surface area (Å²) in [4.78, 5) is 6.18. The maximum absolute atomic E-state index is 4.64. The molecular weight excluding hydrogens is 216 g/mol. The van der Waals surface area contributed by atoms with Crippen molar-refractivity contribution in [1.29, 1.82) is 0 Å². The number of thiazole rings is 1. The standard InChI is InChI=1S/C13H20N2S/c1-2-6-10(5-1)12-9-15-13(16-12)11-7-3-4-8-14-11/h9-11,14H,1-8H2. The highest BCUT2D eigenvalue weighted by molar-refractivity contribution is 7.11. The predicted octanol–water partition coefficient (Wildman–Crippen LogP) is 3.62. The molecule has 16 heavy (non-hydrogen) atoms. The first kappa shape index (κ1) is 10.7. The van der Waals surface area contributed by atoms with Gasteiger partial charge in [-0.05, 0) is 38.1 Å². The summed E-state index contributed by atoms with van der Waals surface area (Å²) < 4.78 is 0. The molecule has 1 unspecified atom stereocenters. The van der Waals surface area contributed by atoms with Crippen molar-refractivity contribution in [3.05, 3.63) is 16.1 Å². The van der Waals surface area contributed by atoms with Crippen LogP contribution in [-0.2, 0) is 0 Å². The van der Waals surface area contributed by atoms with Crippen molar-refractivity contribution in [2.45, 2.75) is 56.9 Å². The topological polar surface area (TPSA) is 24.9 Å². The van der Waals surface area contributed by atoms with Gasteiger partial charge in [-0.2, -0.15) is 0 Å². The number of nitrogens with zero attached hydrogens (tertiary/aromatic N) is 1. The Hall–Kier alpha value is -0.410. The molecule has 1 atom stereocenters. The Morgan fingerprint density at radius 1 is 1.12 bits per heavy atom. The van der Waals surface area contributed by atoms with Crippen LogP contribution in [0.25, 0.3) is 0 Å². The van der Waals surface area contributed by atoms with Crippen LogP contribution in [0.3, 0.4) is 0 Å². The lowest BCUT2D eigenvalue weighted by molar-refractivity contribution is 0.411. The van der Waals surface area contributed by atoms with Gasteiger partial charge in [-0.1, -0.05) is 19.3 Å². The molecule has 0 spiro atoms. The molecule has 1 N–H and O–H groups in total. The van der Waals surface area contributed by atoms with Gasteiger partial charge >= 0.3 is 0 Å². The Balaban J connectivity index is 1.71. The van der Waals surface area contributed by atoms with Crippen LogP contribution in [0.15, 0.2) is 6.20 Å². The Morgan fingerprint density at radius 3 is 2.69 bits per heavy atom. The summed E-state index contributed by atoms with van der Waals surface area (Å²) in [6.45, 7) is 1.17. The molecule has 1 aliphatic heterocycles. The average molecular weight is 236 g/mol. The maximum atomic E-state index is 4.64. The molecule has 1 aromatic heterocycles. The zero-order chi connectivity index (χ0) is 10.8. The zero-order valence-corrected chi connectivity index (χ0v) is 10.6. The van der Waals surface area contributed by atoms with Gasteiger partial charge in [-0.15, -0.1) is 11.3 Å². The van der Waals surface area contributed by atoms with Gasteiger partial charge in [0, 0.05) is 11.1 Å². The second kappa shape index (κ2) is 4.84. The van der Waals surface area contributed by atoms with Gasteiger partial charge < -0.3 is 5.32 Å². The average Bonchev–Trinajstić information content (AvgIpc) is 3.01. The quantitative estimate of drug-likeness (QED) is 0.848. The maximum Gasteiger partial charge on any atom is 0.110 e. The molecule has 1 aromatic rings. The Morgan fingerprint density at radius 2 is 1.94 bits per heavy atom. The number of rotatable bonds is 2. The molecule has 1 aliphatic carbocycles. The lowest BCUT2D eigenvalue weighted by Crippen LogP contribution is -2.26. The summed E-state index contributed by atoms with van der Waals surface area (Å²) in [6, 6.07) is 0.550. The number of piperidine rings is 1.